The summed E-state index contributed by atoms with van der Waals surface area (Å²) < 4.78 is 11.7. The van der Waals surface area contributed by atoms with Crippen molar-refractivity contribution in [3.8, 4) is 0 Å². The van der Waals surface area contributed by atoms with E-state index < -0.39 is 0 Å². The van der Waals surface area contributed by atoms with Gasteiger partial charge in [-0.1, -0.05) is 13.8 Å². The van der Waals surface area contributed by atoms with Gasteiger partial charge in [-0.15, -0.1) is 0 Å². The minimum absolute atomic E-state index is 0.239. The molecule has 0 aromatic carbocycles. The Morgan fingerprint density at radius 1 is 1.29 bits per heavy atom. The second-order valence-corrected chi connectivity index (χ2v) is 6.42. The van der Waals surface area contributed by atoms with Crippen LogP contribution in [0.5, 0.6) is 0 Å². The van der Waals surface area contributed by atoms with Crippen LogP contribution in [0.1, 0.15) is 39.5 Å². The SMILES string of the molecule is CCCNC1CCC2(CC1SCC)OCCO2. The zero-order valence-electron chi connectivity index (χ0n) is 11.0. The Labute approximate surface area is 109 Å². The van der Waals surface area contributed by atoms with Crippen molar-refractivity contribution in [2.45, 2.75) is 56.6 Å². The molecule has 0 amide bonds. The maximum atomic E-state index is 5.85. The van der Waals surface area contributed by atoms with E-state index in [1.807, 2.05) is 11.8 Å². The van der Waals surface area contributed by atoms with E-state index in [2.05, 4.69) is 19.2 Å². The second kappa shape index (κ2) is 6.41. The smallest absolute Gasteiger partial charge is 0.169 e. The molecule has 3 nitrogen and oxygen atoms in total. The van der Waals surface area contributed by atoms with Gasteiger partial charge in [-0.3, -0.25) is 0 Å². The summed E-state index contributed by atoms with van der Waals surface area (Å²) in [6.07, 6.45) is 4.48. The summed E-state index contributed by atoms with van der Waals surface area (Å²) in [6.45, 7) is 7.13. The van der Waals surface area contributed by atoms with Crippen molar-refractivity contribution in [1.29, 1.82) is 0 Å². The van der Waals surface area contributed by atoms with Crippen molar-refractivity contribution in [2.24, 2.45) is 0 Å². The lowest BCUT2D eigenvalue weighted by molar-refractivity contribution is -0.178. The Morgan fingerprint density at radius 2 is 2.06 bits per heavy atom. The minimum Gasteiger partial charge on any atom is -0.347 e. The molecule has 2 aliphatic rings. The van der Waals surface area contributed by atoms with E-state index in [4.69, 9.17) is 9.47 Å². The Morgan fingerprint density at radius 3 is 2.71 bits per heavy atom. The van der Waals surface area contributed by atoms with Gasteiger partial charge in [0.1, 0.15) is 0 Å². The van der Waals surface area contributed by atoms with Crippen LogP contribution < -0.4 is 5.32 Å². The lowest BCUT2D eigenvalue weighted by atomic mass is 9.89. The molecule has 1 spiro atoms. The maximum absolute atomic E-state index is 5.85. The fraction of sp³-hybridized carbons (Fsp3) is 1.00. The van der Waals surface area contributed by atoms with Crippen LogP contribution >= 0.6 is 11.8 Å². The van der Waals surface area contributed by atoms with Crippen molar-refractivity contribution < 1.29 is 9.47 Å². The highest BCUT2D eigenvalue weighted by atomic mass is 32.2. The molecule has 0 bridgehead atoms. The molecular formula is C13H25NO2S. The molecule has 1 saturated carbocycles. The maximum Gasteiger partial charge on any atom is 0.169 e. The van der Waals surface area contributed by atoms with Gasteiger partial charge in [-0.2, -0.15) is 11.8 Å². The molecule has 17 heavy (non-hydrogen) atoms. The van der Waals surface area contributed by atoms with Crippen molar-refractivity contribution in [3.63, 3.8) is 0 Å². The summed E-state index contributed by atoms with van der Waals surface area (Å²) in [5.74, 6) is 0.933. The molecule has 2 unspecified atom stereocenters. The van der Waals surface area contributed by atoms with Gasteiger partial charge in [-0.05, 0) is 25.1 Å². The number of hydrogen-bond acceptors (Lipinski definition) is 4. The molecule has 0 aromatic rings. The number of thioether (sulfide) groups is 1. The molecule has 2 rings (SSSR count). The number of hydrogen-bond donors (Lipinski definition) is 1. The minimum atomic E-state index is -0.239. The first-order valence-corrected chi connectivity index (χ1v) is 7.97. The summed E-state index contributed by atoms with van der Waals surface area (Å²) in [4.78, 5) is 0. The van der Waals surface area contributed by atoms with Crippen LogP contribution in [0.3, 0.4) is 0 Å². The second-order valence-electron chi connectivity index (χ2n) is 4.90. The third-order valence-corrected chi connectivity index (χ3v) is 4.90. The molecule has 4 heteroatoms. The normalized spacial score (nSPS) is 32.1. The zero-order chi connectivity index (χ0) is 12.1. The standard InChI is InChI=1S/C13H25NO2S/c1-3-7-14-11-5-6-13(15-8-9-16-13)10-12(11)17-4-2/h11-12,14H,3-10H2,1-2H3. The number of rotatable bonds is 5. The van der Waals surface area contributed by atoms with Gasteiger partial charge >= 0.3 is 0 Å². The van der Waals surface area contributed by atoms with Gasteiger partial charge < -0.3 is 14.8 Å². The van der Waals surface area contributed by atoms with E-state index in [1.165, 1.54) is 18.6 Å². The predicted molar refractivity (Wildman–Crippen MR) is 72.5 cm³/mol. The van der Waals surface area contributed by atoms with Crippen LogP contribution in [0.4, 0.5) is 0 Å². The Kier molecular flexibility index (Phi) is 5.15. The molecule has 100 valence electrons. The Hall–Kier alpha value is 0.230. The van der Waals surface area contributed by atoms with Gasteiger partial charge in [0.2, 0.25) is 0 Å². The average Bonchev–Trinajstić information content (AvgIpc) is 2.77. The van der Waals surface area contributed by atoms with Crippen LogP contribution in [0.25, 0.3) is 0 Å². The molecular weight excluding hydrogens is 234 g/mol. The largest absolute Gasteiger partial charge is 0.347 e. The first-order chi connectivity index (χ1) is 8.29. The third-order valence-electron chi connectivity index (χ3n) is 3.65. The third kappa shape index (κ3) is 3.37. The summed E-state index contributed by atoms with van der Waals surface area (Å²) in [7, 11) is 0. The van der Waals surface area contributed by atoms with E-state index in [9.17, 15) is 0 Å². The summed E-state index contributed by atoms with van der Waals surface area (Å²) in [5.41, 5.74) is 0. The lowest BCUT2D eigenvalue weighted by Gasteiger charge is -2.41. The molecule has 0 aromatic heterocycles. The van der Waals surface area contributed by atoms with Crippen LogP contribution in [0.15, 0.2) is 0 Å². The highest BCUT2D eigenvalue weighted by Gasteiger charge is 2.44. The molecule has 2 atom stereocenters. The van der Waals surface area contributed by atoms with Crippen molar-refractivity contribution >= 4 is 11.8 Å². The summed E-state index contributed by atoms with van der Waals surface area (Å²) in [5, 5.41) is 4.32. The van der Waals surface area contributed by atoms with E-state index in [0.29, 0.717) is 11.3 Å². The van der Waals surface area contributed by atoms with Crippen molar-refractivity contribution in [1.82, 2.24) is 5.32 Å². The van der Waals surface area contributed by atoms with Crippen LogP contribution in [-0.4, -0.2) is 42.6 Å². The van der Waals surface area contributed by atoms with E-state index in [0.717, 1.165) is 32.6 Å². The molecule has 0 radical (unpaired) electrons. The molecule has 1 aliphatic carbocycles. The van der Waals surface area contributed by atoms with Gasteiger partial charge in [-0.25, -0.2) is 0 Å². The lowest BCUT2D eigenvalue weighted by Crippen LogP contribution is -2.50. The topological polar surface area (TPSA) is 30.5 Å². The number of nitrogens with one attached hydrogen (secondary N) is 1. The monoisotopic (exact) mass is 259 g/mol. The van der Waals surface area contributed by atoms with Crippen LogP contribution in [0.2, 0.25) is 0 Å². The van der Waals surface area contributed by atoms with Gasteiger partial charge in [0.15, 0.2) is 5.79 Å². The van der Waals surface area contributed by atoms with E-state index in [1.54, 1.807) is 0 Å². The first-order valence-electron chi connectivity index (χ1n) is 6.92. The van der Waals surface area contributed by atoms with Crippen molar-refractivity contribution in [3.05, 3.63) is 0 Å². The average molecular weight is 259 g/mol. The molecule has 1 heterocycles. The molecule has 1 saturated heterocycles. The highest BCUT2D eigenvalue weighted by molar-refractivity contribution is 7.99. The first kappa shape index (κ1) is 13.7. The molecule has 2 fully saturated rings. The quantitative estimate of drug-likeness (QED) is 0.821. The summed E-state index contributed by atoms with van der Waals surface area (Å²) >= 11 is 2.05. The molecule has 1 aliphatic heterocycles. The fourth-order valence-electron chi connectivity index (χ4n) is 2.82. The molecule has 1 N–H and O–H groups in total. The van der Waals surface area contributed by atoms with Crippen LogP contribution in [0, 0.1) is 0 Å². The number of ether oxygens (including phenoxy) is 2. The zero-order valence-corrected chi connectivity index (χ0v) is 11.9. The van der Waals surface area contributed by atoms with Crippen molar-refractivity contribution in [2.75, 3.05) is 25.5 Å². The van der Waals surface area contributed by atoms with Gasteiger partial charge in [0.05, 0.1) is 13.2 Å². The van der Waals surface area contributed by atoms with Gasteiger partial charge in [0.25, 0.3) is 0 Å². The van der Waals surface area contributed by atoms with Gasteiger partial charge in [0, 0.05) is 24.1 Å². The Balaban J connectivity index is 1.92. The van der Waals surface area contributed by atoms with E-state index in [-0.39, 0.29) is 5.79 Å². The fourth-order valence-corrected chi connectivity index (χ4v) is 4.09. The van der Waals surface area contributed by atoms with Crippen LogP contribution in [-0.2, 0) is 9.47 Å². The summed E-state index contributed by atoms with van der Waals surface area (Å²) in [6, 6.07) is 0.637. The van der Waals surface area contributed by atoms with E-state index >= 15 is 0 Å². The highest BCUT2D eigenvalue weighted by Crippen LogP contribution is 2.40. The Bertz CT molecular complexity index is 231. The predicted octanol–water partition coefficient (Wildman–Crippen LogP) is 2.40.